The van der Waals surface area contributed by atoms with Crippen LogP contribution in [0.25, 0.3) is 0 Å². The van der Waals surface area contributed by atoms with E-state index in [-0.39, 0.29) is 24.7 Å². The lowest BCUT2D eigenvalue weighted by atomic mass is 9.71. The van der Waals surface area contributed by atoms with Crippen molar-refractivity contribution < 1.29 is 23.8 Å². The van der Waals surface area contributed by atoms with Crippen LogP contribution in [0.3, 0.4) is 0 Å². The molecular formula is C10H16F2O3. The van der Waals surface area contributed by atoms with Crippen LogP contribution in [0, 0.1) is 11.8 Å². The highest BCUT2D eigenvalue weighted by Gasteiger charge is 2.60. The molecule has 0 saturated heterocycles. The first-order valence-electron chi connectivity index (χ1n) is 5.02. The highest BCUT2D eigenvalue weighted by Crippen LogP contribution is 2.44. The van der Waals surface area contributed by atoms with Crippen molar-refractivity contribution in [1.82, 2.24) is 0 Å². The van der Waals surface area contributed by atoms with Gasteiger partial charge in [0, 0.05) is 0 Å². The van der Waals surface area contributed by atoms with Crippen LogP contribution in [0.15, 0.2) is 0 Å². The maximum absolute atomic E-state index is 13.3. The summed E-state index contributed by atoms with van der Waals surface area (Å²) in [5, 5.41) is 18.2. The fraction of sp³-hybridized carbons (Fsp3) is 0.900. The summed E-state index contributed by atoms with van der Waals surface area (Å²) in [5.41, 5.74) is -2.39. The molecular weight excluding hydrogens is 206 g/mol. The topological polar surface area (TPSA) is 57.5 Å². The van der Waals surface area contributed by atoms with Gasteiger partial charge in [-0.1, -0.05) is 13.8 Å². The Morgan fingerprint density at radius 2 is 1.73 bits per heavy atom. The van der Waals surface area contributed by atoms with Crippen molar-refractivity contribution in [3.63, 3.8) is 0 Å². The Morgan fingerprint density at radius 1 is 1.33 bits per heavy atom. The van der Waals surface area contributed by atoms with Gasteiger partial charge in [-0.15, -0.1) is 0 Å². The number of carboxylic acid groups (broad SMARTS) is 1. The molecule has 5 heteroatoms. The van der Waals surface area contributed by atoms with Crippen LogP contribution in [0.1, 0.15) is 33.1 Å². The molecule has 0 radical (unpaired) electrons. The summed E-state index contributed by atoms with van der Waals surface area (Å²) in [7, 11) is 0. The molecule has 3 nitrogen and oxygen atoms in total. The van der Waals surface area contributed by atoms with Gasteiger partial charge in [-0.05, 0) is 31.1 Å². The lowest BCUT2D eigenvalue weighted by Crippen LogP contribution is -2.56. The number of rotatable bonds is 2. The average Bonchev–Trinajstić information content (AvgIpc) is 2.00. The minimum Gasteiger partial charge on any atom is -0.477 e. The molecule has 1 aliphatic carbocycles. The Labute approximate surface area is 87.1 Å². The SMILES string of the molecule is CC1CC(C)CC(O)(C(F)(F)C(=O)O)C1. The number of hydrogen-bond acceptors (Lipinski definition) is 2. The van der Waals surface area contributed by atoms with Crippen molar-refractivity contribution in [2.75, 3.05) is 0 Å². The molecule has 2 unspecified atom stereocenters. The third-order valence-electron chi connectivity index (χ3n) is 3.03. The van der Waals surface area contributed by atoms with E-state index in [4.69, 9.17) is 5.11 Å². The third kappa shape index (κ3) is 2.12. The number of carbonyl (C=O) groups is 1. The molecule has 0 aromatic carbocycles. The van der Waals surface area contributed by atoms with Crippen LogP contribution >= 0.6 is 0 Å². The van der Waals surface area contributed by atoms with Gasteiger partial charge in [0.15, 0.2) is 0 Å². The van der Waals surface area contributed by atoms with Crippen molar-refractivity contribution >= 4 is 5.97 Å². The molecule has 0 aliphatic heterocycles. The van der Waals surface area contributed by atoms with Gasteiger partial charge in [0.2, 0.25) is 0 Å². The van der Waals surface area contributed by atoms with Crippen LogP contribution in [0.2, 0.25) is 0 Å². The Morgan fingerprint density at radius 3 is 2.07 bits per heavy atom. The molecule has 1 rings (SSSR count). The number of alkyl halides is 2. The Kier molecular flexibility index (Phi) is 3.05. The molecule has 1 aliphatic rings. The van der Waals surface area contributed by atoms with E-state index < -0.39 is 17.5 Å². The van der Waals surface area contributed by atoms with E-state index in [1.165, 1.54) is 0 Å². The van der Waals surface area contributed by atoms with E-state index in [2.05, 4.69) is 0 Å². The molecule has 1 fully saturated rings. The van der Waals surface area contributed by atoms with Crippen molar-refractivity contribution in [3.8, 4) is 0 Å². The second-order valence-corrected chi connectivity index (χ2v) is 4.77. The second-order valence-electron chi connectivity index (χ2n) is 4.77. The zero-order valence-electron chi connectivity index (χ0n) is 8.83. The predicted octanol–water partition coefficient (Wildman–Crippen LogP) is 1.89. The Hall–Kier alpha value is -0.710. The highest BCUT2D eigenvalue weighted by molar-refractivity contribution is 5.77. The molecule has 2 atom stereocenters. The second kappa shape index (κ2) is 3.70. The summed E-state index contributed by atoms with van der Waals surface area (Å²) < 4.78 is 26.6. The quantitative estimate of drug-likeness (QED) is 0.750. The highest BCUT2D eigenvalue weighted by atomic mass is 19.3. The first-order chi connectivity index (χ1) is 6.69. The summed E-state index contributed by atoms with van der Waals surface area (Å²) in [6.07, 6.45) is 0.436. The average molecular weight is 222 g/mol. The molecule has 0 bridgehead atoms. The summed E-state index contributed by atoms with van der Waals surface area (Å²) in [5.74, 6) is -6.46. The van der Waals surface area contributed by atoms with Gasteiger partial charge in [-0.25, -0.2) is 4.79 Å². The molecule has 1 saturated carbocycles. The maximum atomic E-state index is 13.3. The molecule has 0 aromatic rings. The fourth-order valence-electron chi connectivity index (χ4n) is 2.55. The van der Waals surface area contributed by atoms with Crippen LogP contribution in [-0.2, 0) is 4.79 Å². The summed E-state index contributed by atoms with van der Waals surface area (Å²) in [4.78, 5) is 10.4. The number of hydrogen-bond donors (Lipinski definition) is 2. The number of aliphatic carboxylic acids is 1. The van der Waals surface area contributed by atoms with Crippen molar-refractivity contribution in [2.45, 2.75) is 44.6 Å². The first-order valence-corrected chi connectivity index (χ1v) is 5.02. The van der Waals surface area contributed by atoms with E-state index in [1.54, 1.807) is 13.8 Å². The van der Waals surface area contributed by atoms with Crippen molar-refractivity contribution in [1.29, 1.82) is 0 Å². The molecule has 15 heavy (non-hydrogen) atoms. The molecule has 2 N–H and O–H groups in total. The van der Waals surface area contributed by atoms with Gasteiger partial charge in [-0.3, -0.25) is 0 Å². The van der Waals surface area contributed by atoms with Crippen LogP contribution in [0.4, 0.5) is 8.78 Å². The largest absolute Gasteiger partial charge is 0.477 e. The summed E-state index contributed by atoms with van der Waals surface area (Å²) in [6.45, 7) is 3.50. The number of aliphatic hydroxyl groups is 1. The molecule has 0 amide bonds. The fourth-order valence-corrected chi connectivity index (χ4v) is 2.55. The standard InChI is InChI=1S/C10H16F2O3/c1-6-3-7(2)5-9(15,4-6)10(11,12)8(13)14/h6-7,15H,3-5H2,1-2H3,(H,13,14). The summed E-state index contributed by atoms with van der Waals surface area (Å²) in [6, 6.07) is 0. The van der Waals surface area contributed by atoms with Crippen molar-refractivity contribution in [2.24, 2.45) is 11.8 Å². The minimum absolute atomic E-state index is 0.0797. The van der Waals surface area contributed by atoms with E-state index in [0.29, 0.717) is 0 Å². The van der Waals surface area contributed by atoms with Crippen LogP contribution in [-0.4, -0.2) is 27.7 Å². The normalized spacial score (nSPS) is 37.7. The van der Waals surface area contributed by atoms with Crippen molar-refractivity contribution in [3.05, 3.63) is 0 Å². The molecule has 0 aromatic heterocycles. The van der Waals surface area contributed by atoms with Gasteiger partial charge in [0.25, 0.3) is 0 Å². The van der Waals surface area contributed by atoms with E-state index >= 15 is 0 Å². The Balaban J connectivity index is 2.94. The minimum atomic E-state index is -4.06. The molecule has 0 heterocycles. The number of halogens is 2. The lowest BCUT2D eigenvalue weighted by Gasteiger charge is -2.41. The molecule has 0 spiro atoms. The summed E-state index contributed by atoms with van der Waals surface area (Å²) >= 11 is 0. The van der Waals surface area contributed by atoms with E-state index in [0.717, 1.165) is 6.42 Å². The first kappa shape index (κ1) is 12.4. The zero-order valence-corrected chi connectivity index (χ0v) is 8.83. The van der Waals surface area contributed by atoms with Gasteiger partial charge in [-0.2, -0.15) is 8.78 Å². The van der Waals surface area contributed by atoms with Gasteiger partial charge in [0.05, 0.1) is 0 Å². The third-order valence-corrected chi connectivity index (χ3v) is 3.03. The van der Waals surface area contributed by atoms with Crippen LogP contribution in [0.5, 0.6) is 0 Å². The maximum Gasteiger partial charge on any atom is 0.377 e. The zero-order chi connectivity index (χ0) is 11.9. The van der Waals surface area contributed by atoms with E-state index in [9.17, 15) is 18.7 Å². The predicted molar refractivity (Wildman–Crippen MR) is 49.7 cm³/mol. The van der Waals surface area contributed by atoms with Gasteiger partial charge >= 0.3 is 11.9 Å². The van der Waals surface area contributed by atoms with Crippen LogP contribution < -0.4 is 0 Å². The van der Waals surface area contributed by atoms with E-state index in [1.807, 2.05) is 0 Å². The monoisotopic (exact) mass is 222 g/mol. The van der Waals surface area contributed by atoms with Gasteiger partial charge in [0.1, 0.15) is 5.60 Å². The molecule has 88 valence electrons. The lowest BCUT2D eigenvalue weighted by molar-refractivity contribution is -0.222. The Bertz CT molecular complexity index is 255. The number of carboxylic acids is 1. The van der Waals surface area contributed by atoms with Gasteiger partial charge < -0.3 is 10.2 Å². The smallest absolute Gasteiger partial charge is 0.377 e.